The Morgan fingerprint density at radius 1 is 1.39 bits per heavy atom. The van der Waals surface area contributed by atoms with Crippen LogP contribution in [0.15, 0.2) is 23.1 Å². The Kier molecular flexibility index (Phi) is 4.31. The summed E-state index contributed by atoms with van der Waals surface area (Å²) in [6.07, 6.45) is 0. The number of nitrogens with one attached hydrogen (secondary N) is 2. The van der Waals surface area contributed by atoms with Gasteiger partial charge in [-0.15, -0.1) is 0 Å². The van der Waals surface area contributed by atoms with Gasteiger partial charge in [0.2, 0.25) is 15.9 Å². The summed E-state index contributed by atoms with van der Waals surface area (Å²) < 4.78 is 26.5. The lowest BCUT2D eigenvalue weighted by Gasteiger charge is -2.14. The van der Waals surface area contributed by atoms with E-state index in [1.165, 1.54) is 20.0 Å². The topological polar surface area (TPSA) is 101 Å². The molecular formula is C11H17N3O3S. The summed E-state index contributed by atoms with van der Waals surface area (Å²) in [6, 6.07) is 3.78. The summed E-state index contributed by atoms with van der Waals surface area (Å²) in [5.74, 6) is -0.403. The number of hydrogen-bond donors (Lipinski definition) is 3. The highest BCUT2D eigenvalue weighted by Gasteiger charge is 2.23. The number of sulfonamides is 1. The first-order valence-corrected chi connectivity index (χ1v) is 6.87. The predicted octanol–water partition coefficient (Wildman–Crippen LogP) is -0.00998. The number of nitrogen functional groups attached to an aromatic ring is 1. The summed E-state index contributed by atoms with van der Waals surface area (Å²) in [6.45, 7) is 3.09. The van der Waals surface area contributed by atoms with Crippen molar-refractivity contribution in [3.05, 3.63) is 23.8 Å². The fourth-order valence-corrected chi connectivity index (χ4v) is 2.97. The Labute approximate surface area is 107 Å². The van der Waals surface area contributed by atoms with Gasteiger partial charge in [-0.1, -0.05) is 6.07 Å². The number of amides is 1. The monoisotopic (exact) mass is 271 g/mol. The molecule has 6 nitrogen and oxygen atoms in total. The minimum atomic E-state index is -3.76. The highest BCUT2D eigenvalue weighted by molar-refractivity contribution is 7.89. The lowest BCUT2D eigenvalue weighted by molar-refractivity contribution is -0.121. The number of rotatable bonds is 4. The van der Waals surface area contributed by atoms with Crippen LogP contribution in [0.4, 0.5) is 5.69 Å². The SMILES string of the molecule is CNC(=O)C(C)NS(=O)(=O)c1cccc(N)c1C. The smallest absolute Gasteiger partial charge is 0.241 e. The Balaban J connectivity index is 3.08. The van der Waals surface area contributed by atoms with Crippen LogP contribution in [0.1, 0.15) is 12.5 Å². The number of carbonyl (C=O) groups excluding carboxylic acids is 1. The maximum Gasteiger partial charge on any atom is 0.241 e. The van der Waals surface area contributed by atoms with E-state index in [0.717, 1.165) is 0 Å². The van der Waals surface area contributed by atoms with Crippen LogP contribution in [-0.4, -0.2) is 27.4 Å². The molecule has 0 radical (unpaired) electrons. The van der Waals surface area contributed by atoms with Crippen LogP contribution in [-0.2, 0) is 14.8 Å². The molecule has 7 heteroatoms. The Morgan fingerprint density at radius 2 is 2.00 bits per heavy atom. The van der Waals surface area contributed by atoms with Crippen LogP contribution in [0.25, 0.3) is 0 Å². The molecule has 1 unspecified atom stereocenters. The summed E-state index contributed by atoms with van der Waals surface area (Å²) in [4.78, 5) is 11.4. The highest BCUT2D eigenvalue weighted by atomic mass is 32.2. The lowest BCUT2D eigenvalue weighted by Crippen LogP contribution is -2.43. The standard InChI is InChI=1S/C11H17N3O3S/c1-7-9(12)5-4-6-10(7)18(16,17)14-8(2)11(15)13-3/h4-6,8,14H,12H2,1-3H3,(H,13,15). The van der Waals surface area contributed by atoms with E-state index in [-0.39, 0.29) is 4.90 Å². The second kappa shape index (κ2) is 5.36. The molecule has 1 aromatic carbocycles. The van der Waals surface area contributed by atoms with Gasteiger partial charge in [0.15, 0.2) is 0 Å². The molecule has 0 saturated carbocycles. The molecule has 1 atom stereocenters. The molecule has 1 amide bonds. The van der Waals surface area contributed by atoms with Crippen LogP contribution in [0.3, 0.4) is 0 Å². The molecule has 0 aliphatic carbocycles. The van der Waals surface area contributed by atoms with Gasteiger partial charge in [-0.3, -0.25) is 4.79 Å². The number of carbonyl (C=O) groups is 1. The fourth-order valence-electron chi connectivity index (χ4n) is 1.49. The van der Waals surface area contributed by atoms with Crippen LogP contribution < -0.4 is 15.8 Å². The molecule has 0 spiro atoms. The van der Waals surface area contributed by atoms with Crippen molar-refractivity contribution in [2.75, 3.05) is 12.8 Å². The van der Waals surface area contributed by atoms with Gasteiger partial charge >= 0.3 is 0 Å². The van der Waals surface area contributed by atoms with E-state index >= 15 is 0 Å². The van der Waals surface area contributed by atoms with E-state index < -0.39 is 22.0 Å². The zero-order chi connectivity index (χ0) is 13.9. The maximum absolute atomic E-state index is 12.1. The minimum absolute atomic E-state index is 0.0817. The van der Waals surface area contributed by atoms with Gasteiger partial charge in [-0.05, 0) is 31.5 Å². The first-order valence-electron chi connectivity index (χ1n) is 5.38. The average Bonchev–Trinajstić information content (AvgIpc) is 2.30. The summed E-state index contributed by atoms with van der Waals surface area (Å²) in [7, 11) is -2.32. The molecule has 0 aromatic heterocycles. The maximum atomic E-state index is 12.1. The van der Waals surface area contributed by atoms with Crippen molar-refractivity contribution in [2.45, 2.75) is 24.8 Å². The van der Waals surface area contributed by atoms with E-state index in [9.17, 15) is 13.2 Å². The number of likely N-dealkylation sites (N-methyl/N-ethyl adjacent to an activating group) is 1. The number of nitrogens with two attached hydrogens (primary N) is 1. The van der Waals surface area contributed by atoms with Crippen molar-refractivity contribution in [1.29, 1.82) is 0 Å². The average molecular weight is 271 g/mol. The van der Waals surface area contributed by atoms with Crippen molar-refractivity contribution >= 4 is 21.6 Å². The van der Waals surface area contributed by atoms with Crippen molar-refractivity contribution in [1.82, 2.24) is 10.0 Å². The second-order valence-electron chi connectivity index (χ2n) is 3.93. The van der Waals surface area contributed by atoms with Crippen LogP contribution in [0.5, 0.6) is 0 Å². The molecule has 1 rings (SSSR count). The molecule has 0 heterocycles. The van der Waals surface area contributed by atoms with Crippen LogP contribution in [0.2, 0.25) is 0 Å². The summed E-state index contributed by atoms with van der Waals surface area (Å²) >= 11 is 0. The van der Waals surface area contributed by atoms with Gasteiger partial charge < -0.3 is 11.1 Å². The number of anilines is 1. The van der Waals surface area contributed by atoms with Crippen LogP contribution in [0, 0.1) is 6.92 Å². The molecule has 0 aliphatic rings. The van der Waals surface area contributed by atoms with Gasteiger partial charge in [-0.2, -0.15) is 4.72 Å². The van der Waals surface area contributed by atoms with Crippen molar-refractivity contribution in [2.24, 2.45) is 0 Å². The first kappa shape index (κ1) is 14.5. The summed E-state index contributed by atoms with van der Waals surface area (Å²) in [5.41, 5.74) is 6.52. The van der Waals surface area contributed by atoms with Crippen LogP contribution >= 0.6 is 0 Å². The van der Waals surface area contributed by atoms with Gasteiger partial charge in [-0.25, -0.2) is 8.42 Å². The third-order valence-corrected chi connectivity index (χ3v) is 4.27. The Morgan fingerprint density at radius 3 is 2.56 bits per heavy atom. The van der Waals surface area contributed by atoms with E-state index in [4.69, 9.17) is 5.73 Å². The first-order chi connectivity index (χ1) is 8.29. The van der Waals surface area contributed by atoms with Crippen molar-refractivity contribution in [3.8, 4) is 0 Å². The van der Waals surface area contributed by atoms with Gasteiger partial charge in [0.25, 0.3) is 0 Å². The highest BCUT2D eigenvalue weighted by Crippen LogP contribution is 2.20. The van der Waals surface area contributed by atoms with E-state index in [2.05, 4.69) is 10.0 Å². The molecule has 0 fully saturated rings. The van der Waals surface area contributed by atoms with Crippen molar-refractivity contribution < 1.29 is 13.2 Å². The molecular weight excluding hydrogens is 254 g/mol. The van der Waals surface area contributed by atoms with Crippen molar-refractivity contribution in [3.63, 3.8) is 0 Å². The van der Waals surface area contributed by atoms with E-state index in [1.807, 2.05) is 0 Å². The Bertz CT molecular complexity index is 555. The second-order valence-corrected chi connectivity index (χ2v) is 5.61. The normalized spacial score (nSPS) is 13.1. The fraction of sp³-hybridized carbons (Fsp3) is 0.364. The molecule has 0 aliphatic heterocycles. The lowest BCUT2D eigenvalue weighted by atomic mass is 10.2. The third kappa shape index (κ3) is 2.99. The van der Waals surface area contributed by atoms with Gasteiger partial charge in [0.05, 0.1) is 10.9 Å². The molecule has 0 saturated heterocycles. The minimum Gasteiger partial charge on any atom is -0.398 e. The number of benzene rings is 1. The van der Waals surface area contributed by atoms with Gasteiger partial charge in [0, 0.05) is 12.7 Å². The molecule has 4 N–H and O–H groups in total. The molecule has 1 aromatic rings. The zero-order valence-electron chi connectivity index (χ0n) is 10.5. The molecule has 18 heavy (non-hydrogen) atoms. The van der Waals surface area contributed by atoms with E-state index in [0.29, 0.717) is 11.3 Å². The summed E-state index contributed by atoms with van der Waals surface area (Å²) in [5, 5.41) is 2.37. The van der Waals surface area contributed by atoms with E-state index in [1.54, 1.807) is 19.1 Å². The molecule has 100 valence electrons. The molecule has 0 bridgehead atoms. The van der Waals surface area contributed by atoms with Gasteiger partial charge in [0.1, 0.15) is 0 Å². The third-order valence-electron chi connectivity index (χ3n) is 2.59. The Hall–Kier alpha value is -1.60. The number of hydrogen-bond acceptors (Lipinski definition) is 4. The quantitative estimate of drug-likeness (QED) is 0.670. The predicted molar refractivity (Wildman–Crippen MR) is 69.4 cm³/mol. The zero-order valence-corrected chi connectivity index (χ0v) is 11.3. The largest absolute Gasteiger partial charge is 0.398 e.